The molecule has 0 heterocycles. The first-order valence-corrected chi connectivity index (χ1v) is 7.65. The van der Waals surface area contributed by atoms with Gasteiger partial charge in [-0.25, -0.2) is 0 Å². The maximum absolute atomic E-state index is 6.73. The molecular formula is C19H23Cl. The van der Waals surface area contributed by atoms with E-state index in [4.69, 9.17) is 11.6 Å². The van der Waals surface area contributed by atoms with Crippen molar-refractivity contribution in [2.45, 2.75) is 45.9 Å². The molecule has 0 saturated carbocycles. The summed E-state index contributed by atoms with van der Waals surface area (Å²) in [5, 5.41) is -0.0724. The average Bonchev–Trinajstić information content (AvgIpc) is 2.37. The number of hydrogen-bond donors (Lipinski definition) is 0. The molecule has 0 aliphatic carbocycles. The van der Waals surface area contributed by atoms with Crippen LogP contribution in [0.15, 0.2) is 36.4 Å². The van der Waals surface area contributed by atoms with Crippen molar-refractivity contribution in [1.29, 1.82) is 0 Å². The fourth-order valence-corrected chi connectivity index (χ4v) is 3.30. The summed E-state index contributed by atoms with van der Waals surface area (Å²) in [5.74, 6) is 0.556. The lowest BCUT2D eigenvalue weighted by molar-refractivity contribution is 0.865. The fourth-order valence-electron chi connectivity index (χ4n) is 2.81. The summed E-state index contributed by atoms with van der Waals surface area (Å²) in [6, 6.07) is 13.1. The molecule has 0 aliphatic heterocycles. The molecule has 0 fully saturated rings. The van der Waals surface area contributed by atoms with Crippen LogP contribution in [-0.4, -0.2) is 0 Å². The maximum atomic E-state index is 6.73. The molecule has 0 radical (unpaired) electrons. The zero-order valence-corrected chi connectivity index (χ0v) is 13.8. The van der Waals surface area contributed by atoms with Crippen molar-refractivity contribution in [1.82, 2.24) is 0 Å². The molecule has 0 nitrogen and oxygen atoms in total. The lowest BCUT2D eigenvalue weighted by Gasteiger charge is -2.18. The first-order chi connectivity index (χ1) is 9.40. The molecule has 106 valence electrons. The Morgan fingerprint density at radius 2 is 1.25 bits per heavy atom. The summed E-state index contributed by atoms with van der Waals surface area (Å²) in [6.45, 7) is 10.8. The first kappa shape index (κ1) is 15.1. The van der Waals surface area contributed by atoms with Gasteiger partial charge in [0.1, 0.15) is 0 Å². The Kier molecular flexibility index (Phi) is 4.55. The lowest BCUT2D eigenvalue weighted by atomic mass is 9.92. The smallest absolute Gasteiger partial charge is 0.0840 e. The van der Waals surface area contributed by atoms with Gasteiger partial charge >= 0.3 is 0 Å². The topological polar surface area (TPSA) is 0 Å². The van der Waals surface area contributed by atoms with Gasteiger partial charge in [0.25, 0.3) is 0 Å². The number of aryl methyl sites for hydroxylation is 3. The average molecular weight is 287 g/mol. The summed E-state index contributed by atoms with van der Waals surface area (Å²) in [4.78, 5) is 0. The van der Waals surface area contributed by atoms with E-state index in [0.29, 0.717) is 5.92 Å². The summed E-state index contributed by atoms with van der Waals surface area (Å²) in [5.41, 5.74) is 7.62. The molecule has 0 aliphatic rings. The van der Waals surface area contributed by atoms with E-state index in [0.717, 1.165) is 0 Å². The molecule has 1 unspecified atom stereocenters. The van der Waals surface area contributed by atoms with Crippen LogP contribution in [0.5, 0.6) is 0 Å². The number of hydrogen-bond acceptors (Lipinski definition) is 0. The normalized spacial score (nSPS) is 12.8. The maximum Gasteiger partial charge on any atom is 0.0840 e. The Hall–Kier alpha value is -1.27. The standard InChI is InChI=1S/C19H23Cl/c1-12(2)16-6-8-17(9-7-16)19(20)18-14(4)10-13(3)11-15(18)5/h6-12,19H,1-5H3. The van der Waals surface area contributed by atoms with Gasteiger partial charge in [0.05, 0.1) is 5.38 Å². The van der Waals surface area contributed by atoms with Gasteiger partial charge in [0, 0.05) is 0 Å². The zero-order valence-electron chi connectivity index (χ0n) is 13.0. The van der Waals surface area contributed by atoms with Gasteiger partial charge < -0.3 is 0 Å². The second kappa shape index (κ2) is 6.01. The lowest BCUT2D eigenvalue weighted by Crippen LogP contribution is -2.01. The Balaban J connectivity index is 2.38. The summed E-state index contributed by atoms with van der Waals surface area (Å²) >= 11 is 6.73. The number of halogens is 1. The summed E-state index contributed by atoms with van der Waals surface area (Å²) in [6.07, 6.45) is 0. The quantitative estimate of drug-likeness (QED) is 0.601. The Bertz CT molecular complexity index is 571. The predicted molar refractivity (Wildman–Crippen MR) is 88.9 cm³/mol. The highest BCUT2D eigenvalue weighted by Gasteiger charge is 2.16. The Morgan fingerprint density at radius 3 is 1.70 bits per heavy atom. The third-order valence-corrected chi connectivity index (χ3v) is 4.36. The van der Waals surface area contributed by atoms with Crippen molar-refractivity contribution in [2.75, 3.05) is 0 Å². The molecule has 0 spiro atoms. The molecule has 2 aromatic rings. The van der Waals surface area contributed by atoms with Crippen LogP contribution in [0.25, 0.3) is 0 Å². The molecule has 20 heavy (non-hydrogen) atoms. The van der Waals surface area contributed by atoms with E-state index in [-0.39, 0.29) is 5.38 Å². The van der Waals surface area contributed by atoms with Gasteiger partial charge in [-0.15, -0.1) is 11.6 Å². The van der Waals surface area contributed by atoms with Gasteiger partial charge in [-0.05, 0) is 54.5 Å². The van der Waals surface area contributed by atoms with E-state index in [9.17, 15) is 0 Å². The molecule has 0 amide bonds. The number of rotatable bonds is 3. The van der Waals surface area contributed by atoms with E-state index < -0.39 is 0 Å². The van der Waals surface area contributed by atoms with Crippen LogP contribution in [0.1, 0.15) is 58.5 Å². The highest BCUT2D eigenvalue weighted by atomic mass is 35.5. The number of alkyl halides is 1. The second-order valence-corrected chi connectivity index (χ2v) is 6.43. The van der Waals surface area contributed by atoms with E-state index in [1.54, 1.807) is 0 Å². The van der Waals surface area contributed by atoms with Crippen LogP contribution in [0, 0.1) is 20.8 Å². The minimum Gasteiger partial charge on any atom is -0.113 e. The molecular weight excluding hydrogens is 264 g/mol. The highest BCUT2D eigenvalue weighted by molar-refractivity contribution is 6.22. The Labute approximate surface area is 127 Å². The van der Waals surface area contributed by atoms with Crippen molar-refractivity contribution < 1.29 is 0 Å². The predicted octanol–water partition coefficient (Wildman–Crippen LogP) is 6.06. The van der Waals surface area contributed by atoms with Gasteiger partial charge in [-0.3, -0.25) is 0 Å². The van der Waals surface area contributed by atoms with Gasteiger partial charge in [0.15, 0.2) is 0 Å². The van der Waals surface area contributed by atoms with E-state index >= 15 is 0 Å². The van der Waals surface area contributed by atoms with Crippen molar-refractivity contribution in [3.8, 4) is 0 Å². The molecule has 0 aromatic heterocycles. The summed E-state index contributed by atoms with van der Waals surface area (Å²) in [7, 11) is 0. The van der Waals surface area contributed by atoms with Crippen molar-refractivity contribution in [3.05, 3.63) is 69.8 Å². The highest BCUT2D eigenvalue weighted by Crippen LogP contribution is 2.34. The minimum atomic E-state index is -0.0724. The van der Waals surface area contributed by atoms with Crippen LogP contribution >= 0.6 is 11.6 Å². The molecule has 2 rings (SSSR count). The minimum absolute atomic E-state index is 0.0724. The third-order valence-electron chi connectivity index (χ3n) is 3.89. The van der Waals surface area contributed by atoms with E-state index in [2.05, 4.69) is 71.0 Å². The van der Waals surface area contributed by atoms with Crippen LogP contribution < -0.4 is 0 Å². The first-order valence-electron chi connectivity index (χ1n) is 7.22. The van der Waals surface area contributed by atoms with Crippen LogP contribution in [-0.2, 0) is 0 Å². The fraction of sp³-hybridized carbons (Fsp3) is 0.368. The van der Waals surface area contributed by atoms with Crippen LogP contribution in [0.4, 0.5) is 0 Å². The van der Waals surface area contributed by atoms with E-state index in [1.165, 1.54) is 33.4 Å². The van der Waals surface area contributed by atoms with Gasteiger partial charge in [-0.2, -0.15) is 0 Å². The number of benzene rings is 2. The molecule has 0 bridgehead atoms. The molecule has 1 heteroatoms. The molecule has 1 atom stereocenters. The van der Waals surface area contributed by atoms with Crippen LogP contribution in [0.2, 0.25) is 0 Å². The largest absolute Gasteiger partial charge is 0.113 e. The SMILES string of the molecule is Cc1cc(C)c(C(Cl)c2ccc(C(C)C)cc2)c(C)c1. The Morgan fingerprint density at radius 1 is 0.800 bits per heavy atom. The van der Waals surface area contributed by atoms with E-state index in [1.807, 2.05) is 0 Å². The van der Waals surface area contributed by atoms with Crippen molar-refractivity contribution in [3.63, 3.8) is 0 Å². The third kappa shape index (κ3) is 3.07. The molecule has 0 saturated heterocycles. The molecule has 0 N–H and O–H groups in total. The van der Waals surface area contributed by atoms with Crippen molar-refractivity contribution in [2.24, 2.45) is 0 Å². The van der Waals surface area contributed by atoms with Crippen molar-refractivity contribution >= 4 is 11.6 Å². The van der Waals surface area contributed by atoms with Gasteiger partial charge in [0.2, 0.25) is 0 Å². The summed E-state index contributed by atoms with van der Waals surface area (Å²) < 4.78 is 0. The second-order valence-electron chi connectivity index (χ2n) is 6.00. The molecule has 2 aromatic carbocycles. The zero-order chi connectivity index (χ0) is 14.9. The van der Waals surface area contributed by atoms with Crippen LogP contribution in [0.3, 0.4) is 0 Å². The monoisotopic (exact) mass is 286 g/mol. The van der Waals surface area contributed by atoms with Gasteiger partial charge in [-0.1, -0.05) is 55.8 Å².